The standard InChI is InChI=1S/C21H14F2N4O4/c22-14-6-7-20(18(23)11-14)25(13-17-5-2-10-31-17)21(28)19-8-9-26(24-19)15-3-1-4-16(12-15)27(29)30/h1-12H,13H2. The van der Waals surface area contributed by atoms with Crippen molar-refractivity contribution in [2.45, 2.75) is 6.54 Å². The Morgan fingerprint density at radius 1 is 1.13 bits per heavy atom. The lowest BCUT2D eigenvalue weighted by molar-refractivity contribution is -0.384. The third kappa shape index (κ3) is 4.17. The van der Waals surface area contributed by atoms with Crippen LogP contribution in [0.5, 0.6) is 0 Å². The summed E-state index contributed by atoms with van der Waals surface area (Å²) in [5.41, 5.74) is 0.0574. The Morgan fingerprint density at radius 2 is 1.97 bits per heavy atom. The molecule has 0 N–H and O–H groups in total. The van der Waals surface area contributed by atoms with Gasteiger partial charge in [0.25, 0.3) is 11.6 Å². The Kier molecular flexibility index (Phi) is 5.27. The maximum Gasteiger partial charge on any atom is 0.279 e. The van der Waals surface area contributed by atoms with E-state index in [2.05, 4.69) is 5.10 Å². The van der Waals surface area contributed by atoms with Crippen molar-refractivity contribution in [1.82, 2.24) is 9.78 Å². The van der Waals surface area contributed by atoms with Crippen molar-refractivity contribution in [1.29, 1.82) is 0 Å². The molecule has 156 valence electrons. The number of halogens is 2. The molecule has 0 saturated heterocycles. The topological polar surface area (TPSA) is 94.4 Å². The molecular weight excluding hydrogens is 410 g/mol. The number of nitro groups is 1. The van der Waals surface area contributed by atoms with Crippen LogP contribution >= 0.6 is 0 Å². The molecular formula is C21H14F2N4O4. The Morgan fingerprint density at radius 3 is 2.68 bits per heavy atom. The van der Waals surface area contributed by atoms with Crippen molar-refractivity contribution < 1.29 is 22.9 Å². The van der Waals surface area contributed by atoms with Gasteiger partial charge in [-0.1, -0.05) is 6.07 Å². The fourth-order valence-corrected chi connectivity index (χ4v) is 2.99. The molecule has 10 heteroatoms. The van der Waals surface area contributed by atoms with E-state index in [9.17, 15) is 23.7 Å². The molecule has 4 rings (SSSR count). The highest BCUT2D eigenvalue weighted by molar-refractivity contribution is 6.04. The SMILES string of the molecule is O=C(c1ccn(-c2cccc([N+](=O)[O-])c2)n1)N(Cc1ccco1)c1ccc(F)cc1F. The van der Waals surface area contributed by atoms with Crippen LogP contribution in [0.1, 0.15) is 16.2 Å². The average Bonchev–Trinajstić information content (AvgIpc) is 3.44. The van der Waals surface area contributed by atoms with E-state index in [4.69, 9.17) is 4.42 Å². The number of furan rings is 1. The number of carbonyl (C=O) groups is 1. The highest BCUT2D eigenvalue weighted by Crippen LogP contribution is 2.25. The summed E-state index contributed by atoms with van der Waals surface area (Å²) in [6.07, 6.45) is 2.87. The zero-order valence-electron chi connectivity index (χ0n) is 15.8. The highest BCUT2D eigenvalue weighted by Gasteiger charge is 2.24. The first-order valence-corrected chi connectivity index (χ1v) is 9.02. The van der Waals surface area contributed by atoms with Crippen molar-refractivity contribution in [2.75, 3.05) is 4.90 Å². The van der Waals surface area contributed by atoms with Gasteiger partial charge in [0.1, 0.15) is 17.4 Å². The molecule has 0 saturated carbocycles. The third-order valence-corrected chi connectivity index (χ3v) is 4.45. The molecule has 2 aromatic heterocycles. The van der Waals surface area contributed by atoms with E-state index in [-0.39, 0.29) is 23.6 Å². The summed E-state index contributed by atoms with van der Waals surface area (Å²) in [5.74, 6) is -1.97. The number of carbonyl (C=O) groups excluding carboxylic acids is 1. The number of anilines is 1. The van der Waals surface area contributed by atoms with Crippen LogP contribution in [0.3, 0.4) is 0 Å². The predicted octanol–water partition coefficient (Wildman–Crippen LogP) is 4.50. The zero-order chi connectivity index (χ0) is 22.0. The maximum atomic E-state index is 14.4. The Hall–Kier alpha value is -4.34. The number of rotatable bonds is 6. The first-order valence-electron chi connectivity index (χ1n) is 9.02. The summed E-state index contributed by atoms with van der Waals surface area (Å²) >= 11 is 0. The number of benzene rings is 2. The molecule has 0 bridgehead atoms. The molecule has 0 aliphatic rings. The number of amides is 1. The molecule has 0 atom stereocenters. The van der Waals surface area contributed by atoms with Gasteiger partial charge in [0.15, 0.2) is 5.69 Å². The molecule has 0 aliphatic carbocycles. The van der Waals surface area contributed by atoms with Gasteiger partial charge >= 0.3 is 0 Å². The van der Waals surface area contributed by atoms with Gasteiger partial charge in [0, 0.05) is 24.4 Å². The second-order valence-electron chi connectivity index (χ2n) is 6.49. The Labute approximate surface area is 174 Å². The van der Waals surface area contributed by atoms with Crippen LogP contribution < -0.4 is 4.90 Å². The van der Waals surface area contributed by atoms with Crippen LogP contribution in [0.15, 0.2) is 77.5 Å². The number of nitro benzene ring substituents is 1. The molecule has 4 aromatic rings. The average molecular weight is 424 g/mol. The molecule has 1 amide bonds. The minimum absolute atomic E-state index is 0.0400. The van der Waals surface area contributed by atoms with Crippen LogP contribution in [0, 0.1) is 21.7 Å². The van der Waals surface area contributed by atoms with E-state index >= 15 is 0 Å². The van der Waals surface area contributed by atoms with Crippen molar-refractivity contribution in [3.8, 4) is 5.69 Å². The van der Waals surface area contributed by atoms with E-state index in [1.807, 2.05) is 0 Å². The fourth-order valence-electron chi connectivity index (χ4n) is 2.99. The normalized spacial score (nSPS) is 10.8. The van der Waals surface area contributed by atoms with Gasteiger partial charge in [-0.05, 0) is 36.4 Å². The monoisotopic (exact) mass is 424 g/mol. The smallest absolute Gasteiger partial charge is 0.279 e. The molecule has 0 radical (unpaired) electrons. The van der Waals surface area contributed by atoms with Crippen molar-refractivity contribution in [3.63, 3.8) is 0 Å². The van der Waals surface area contributed by atoms with Crippen molar-refractivity contribution >= 4 is 17.3 Å². The van der Waals surface area contributed by atoms with E-state index in [1.165, 1.54) is 41.4 Å². The number of hydrogen-bond donors (Lipinski definition) is 0. The van der Waals surface area contributed by atoms with Crippen LogP contribution in [0.4, 0.5) is 20.2 Å². The quantitative estimate of drug-likeness (QED) is 0.336. The summed E-state index contributed by atoms with van der Waals surface area (Å²) in [7, 11) is 0. The molecule has 0 unspecified atom stereocenters. The van der Waals surface area contributed by atoms with Gasteiger partial charge in [-0.2, -0.15) is 5.10 Å². The van der Waals surface area contributed by atoms with E-state index in [1.54, 1.807) is 18.2 Å². The lowest BCUT2D eigenvalue weighted by Crippen LogP contribution is -2.31. The van der Waals surface area contributed by atoms with E-state index < -0.39 is 22.5 Å². The predicted molar refractivity (Wildman–Crippen MR) is 106 cm³/mol. The molecule has 2 aromatic carbocycles. The van der Waals surface area contributed by atoms with Gasteiger partial charge in [-0.15, -0.1) is 0 Å². The molecule has 8 nitrogen and oxygen atoms in total. The van der Waals surface area contributed by atoms with Crippen LogP contribution in [0.2, 0.25) is 0 Å². The largest absolute Gasteiger partial charge is 0.467 e. The Bertz CT molecular complexity index is 1250. The second kappa shape index (κ2) is 8.19. The van der Waals surface area contributed by atoms with E-state index in [0.717, 1.165) is 17.0 Å². The van der Waals surface area contributed by atoms with Gasteiger partial charge in [-0.25, -0.2) is 13.5 Å². The van der Waals surface area contributed by atoms with Crippen LogP contribution in [-0.2, 0) is 6.54 Å². The Balaban J connectivity index is 1.69. The molecule has 31 heavy (non-hydrogen) atoms. The molecule has 0 fully saturated rings. The molecule has 0 spiro atoms. The summed E-state index contributed by atoms with van der Waals surface area (Å²) in [6, 6.07) is 13.2. The van der Waals surface area contributed by atoms with Crippen molar-refractivity contribution in [2.24, 2.45) is 0 Å². The summed E-state index contributed by atoms with van der Waals surface area (Å²) < 4.78 is 34.4. The minimum atomic E-state index is -0.918. The highest BCUT2D eigenvalue weighted by atomic mass is 19.1. The second-order valence-corrected chi connectivity index (χ2v) is 6.49. The lowest BCUT2D eigenvalue weighted by Gasteiger charge is -2.21. The van der Waals surface area contributed by atoms with Gasteiger partial charge in [-0.3, -0.25) is 19.8 Å². The first-order chi connectivity index (χ1) is 14.9. The number of nitrogens with zero attached hydrogens (tertiary/aromatic N) is 4. The lowest BCUT2D eigenvalue weighted by atomic mass is 10.2. The fraction of sp³-hybridized carbons (Fsp3) is 0.0476. The summed E-state index contributed by atoms with van der Waals surface area (Å²) in [4.78, 5) is 24.7. The number of hydrogen-bond acceptors (Lipinski definition) is 5. The first kappa shape index (κ1) is 20.0. The zero-order valence-corrected chi connectivity index (χ0v) is 15.8. The maximum absolute atomic E-state index is 14.4. The van der Waals surface area contributed by atoms with E-state index in [0.29, 0.717) is 17.5 Å². The van der Waals surface area contributed by atoms with Crippen LogP contribution in [0.25, 0.3) is 5.69 Å². The van der Waals surface area contributed by atoms with Crippen molar-refractivity contribution in [3.05, 3.63) is 106 Å². The minimum Gasteiger partial charge on any atom is -0.467 e. The number of aromatic nitrogens is 2. The molecule has 0 aliphatic heterocycles. The van der Waals surface area contributed by atoms with Crippen LogP contribution in [-0.4, -0.2) is 20.6 Å². The number of non-ortho nitro benzene ring substituents is 1. The summed E-state index contributed by atoms with van der Waals surface area (Å²) in [6.45, 7) is -0.113. The summed E-state index contributed by atoms with van der Waals surface area (Å²) in [5, 5.41) is 15.2. The van der Waals surface area contributed by atoms with Gasteiger partial charge in [0.2, 0.25) is 0 Å². The van der Waals surface area contributed by atoms with Gasteiger partial charge < -0.3 is 4.42 Å². The molecule has 2 heterocycles. The van der Waals surface area contributed by atoms with Gasteiger partial charge in [0.05, 0.1) is 29.1 Å². The third-order valence-electron chi connectivity index (χ3n) is 4.45.